The molecule has 1 amide bonds. The second-order valence-corrected chi connectivity index (χ2v) is 5.37. The van der Waals surface area contributed by atoms with Crippen molar-refractivity contribution in [2.24, 2.45) is 5.73 Å². The van der Waals surface area contributed by atoms with Gasteiger partial charge in [-0.2, -0.15) is 0 Å². The highest BCUT2D eigenvalue weighted by Gasteiger charge is 2.05. The van der Waals surface area contributed by atoms with Crippen molar-refractivity contribution >= 4 is 5.91 Å². The standard InChI is InChI=1S/C18H24N2O2/c19-13-5-4-6-15-9-11-17(12-10-15)22-14-18(21)20-16-7-2-1-3-8-16/h2,7-12H,1,3-6,13-14,19H2,(H,20,21). The molecule has 4 nitrogen and oxygen atoms in total. The summed E-state index contributed by atoms with van der Waals surface area (Å²) in [5.74, 6) is 0.579. The third-order valence-electron chi connectivity index (χ3n) is 3.49. The average molecular weight is 300 g/mol. The quantitative estimate of drug-likeness (QED) is 0.726. The number of ether oxygens (including phenoxy) is 1. The molecule has 0 bridgehead atoms. The molecule has 0 atom stereocenters. The van der Waals surface area contributed by atoms with Gasteiger partial charge in [0, 0.05) is 5.70 Å². The number of aryl methyl sites for hydroxylation is 1. The molecule has 22 heavy (non-hydrogen) atoms. The van der Waals surface area contributed by atoms with Crippen LogP contribution in [0, 0.1) is 0 Å². The van der Waals surface area contributed by atoms with Gasteiger partial charge in [0.15, 0.2) is 6.61 Å². The van der Waals surface area contributed by atoms with Gasteiger partial charge in [-0.15, -0.1) is 0 Å². The normalized spacial score (nSPS) is 13.6. The third kappa shape index (κ3) is 5.74. The molecular formula is C18H24N2O2. The van der Waals surface area contributed by atoms with Crippen LogP contribution in [0.1, 0.15) is 31.2 Å². The summed E-state index contributed by atoms with van der Waals surface area (Å²) >= 11 is 0. The molecule has 1 aliphatic rings. The van der Waals surface area contributed by atoms with Crippen LogP contribution < -0.4 is 15.8 Å². The SMILES string of the molecule is NCCCCc1ccc(OCC(=O)NC2=CCCC=C2)cc1. The van der Waals surface area contributed by atoms with E-state index < -0.39 is 0 Å². The summed E-state index contributed by atoms with van der Waals surface area (Å²) in [6.07, 6.45) is 11.2. The van der Waals surface area contributed by atoms with E-state index in [4.69, 9.17) is 10.5 Å². The average Bonchev–Trinajstić information content (AvgIpc) is 2.55. The van der Waals surface area contributed by atoms with E-state index in [-0.39, 0.29) is 12.5 Å². The molecule has 1 aliphatic carbocycles. The number of nitrogens with two attached hydrogens (primary N) is 1. The van der Waals surface area contributed by atoms with Crippen LogP contribution >= 0.6 is 0 Å². The number of carbonyl (C=O) groups is 1. The van der Waals surface area contributed by atoms with Crippen molar-refractivity contribution in [3.05, 3.63) is 53.8 Å². The number of carbonyl (C=O) groups excluding carboxylic acids is 1. The lowest BCUT2D eigenvalue weighted by molar-refractivity contribution is -0.122. The maximum atomic E-state index is 11.8. The van der Waals surface area contributed by atoms with Crippen LogP contribution in [-0.2, 0) is 11.2 Å². The van der Waals surface area contributed by atoms with Gasteiger partial charge in [0.05, 0.1) is 0 Å². The molecule has 0 unspecified atom stereocenters. The lowest BCUT2D eigenvalue weighted by Crippen LogP contribution is -2.28. The summed E-state index contributed by atoms with van der Waals surface area (Å²) in [7, 11) is 0. The Balaban J connectivity index is 1.73. The Kier molecular flexibility index (Phi) is 6.71. The van der Waals surface area contributed by atoms with Gasteiger partial charge in [0.2, 0.25) is 0 Å². The maximum absolute atomic E-state index is 11.8. The van der Waals surface area contributed by atoms with Crippen molar-refractivity contribution in [1.29, 1.82) is 0 Å². The van der Waals surface area contributed by atoms with Gasteiger partial charge in [-0.05, 0) is 62.4 Å². The van der Waals surface area contributed by atoms with E-state index in [1.807, 2.05) is 36.4 Å². The summed E-state index contributed by atoms with van der Waals surface area (Å²) in [6, 6.07) is 7.89. The number of benzene rings is 1. The molecule has 0 radical (unpaired) electrons. The number of hydrogen-bond donors (Lipinski definition) is 2. The van der Waals surface area contributed by atoms with Crippen molar-refractivity contribution in [3.63, 3.8) is 0 Å². The van der Waals surface area contributed by atoms with E-state index >= 15 is 0 Å². The van der Waals surface area contributed by atoms with E-state index in [0.717, 1.165) is 44.3 Å². The van der Waals surface area contributed by atoms with Crippen LogP contribution in [0.4, 0.5) is 0 Å². The molecular weight excluding hydrogens is 276 g/mol. The highest BCUT2D eigenvalue weighted by Crippen LogP contribution is 2.14. The molecule has 1 aromatic carbocycles. The number of allylic oxidation sites excluding steroid dienone is 3. The van der Waals surface area contributed by atoms with Crippen LogP contribution in [-0.4, -0.2) is 19.1 Å². The van der Waals surface area contributed by atoms with Gasteiger partial charge in [-0.25, -0.2) is 0 Å². The summed E-state index contributed by atoms with van der Waals surface area (Å²) in [5.41, 5.74) is 7.61. The van der Waals surface area contributed by atoms with Crippen LogP contribution in [0.5, 0.6) is 5.75 Å². The second kappa shape index (κ2) is 9.05. The highest BCUT2D eigenvalue weighted by molar-refractivity contribution is 5.79. The Bertz CT molecular complexity index is 533. The first kappa shape index (κ1) is 16.3. The van der Waals surface area contributed by atoms with Crippen molar-refractivity contribution in [1.82, 2.24) is 5.32 Å². The topological polar surface area (TPSA) is 64.3 Å². The van der Waals surface area contributed by atoms with Gasteiger partial charge in [-0.1, -0.05) is 24.3 Å². The van der Waals surface area contributed by atoms with Crippen molar-refractivity contribution in [3.8, 4) is 5.75 Å². The van der Waals surface area contributed by atoms with Crippen molar-refractivity contribution < 1.29 is 9.53 Å². The summed E-state index contributed by atoms with van der Waals surface area (Å²) < 4.78 is 5.51. The summed E-state index contributed by atoms with van der Waals surface area (Å²) in [6.45, 7) is 0.764. The first-order valence-electron chi connectivity index (χ1n) is 7.86. The largest absolute Gasteiger partial charge is 0.484 e. The van der Waals surface area contributed by atoms with E-state index in [9.17, 15) is 4.79 Å². The second-order valence-electron chi connectivity index (χ2n) is 5.37. The predicted molar refractivity (Wildman–Crippen MR) is 88.5 cm³/mol. The molecule has 0 saturated heterocycles. The van der Waals surface area contributed by atoms with Crippen molar-refractivity contribution in [2.45, 2.75) is 32.1 Å². The Labute approximate surface area is 132 Å². The molecule has 0 aromatic heterocycles. The lowest BCUT2D eigenvalue weighted by atomic mass is 10.1. The van der Waals surface area contributed by atoms with Crippen LogP contribution in [0.2, 0.25) is 0 Å². The fourth-order valence-electron chi connectivity index (χ4n) is 2.28. The number of nitrogens with one attached hydrogen (secondary N) is 1. The molecule has 3 N–H and O–H groups in total. The molecule has 118 valence electrons. The van der Waals surface area contributed by atoms with Crippen molar-refractivity contribution in [2.75, 3.05) is 13.2 Å². The smallest absolute Gasteiger partial charge is 0.262 e. The number of rotatable bonds is 8. The molecule has 4 heteroatoms. The third-order valence-corrected chi connectivity index (χ3v) is 3.49. The van der Waals surface area contributed by atoms with E-state index in [0.29, 0.717) is 5.75 Å². The molecule has 0 saturated carbocycles. The molecule has 0 aliphatic heterocycles. The fourth-order valence-corrected chi connectivity index (χ4v) is 2.28. The minimum atomic E-state index is -0.134. The molecule has 0 heterocycles. The lowest BCUT2D eigenvalue weighted by Gasteiger charge is -2.10. The van der Waals surface area contributed by atoms with Crippen LogP contribution in [0.25, 0.3) is 0 Å². The maximum Gasteiger partial charge on any atom is 0.262 e. The minimum Gasteiger partial charge on any atom is -0.484 e. The molecule has 0 fully saturated rings. The predicted octanol–water partition coefficient (Wildman–Crippen LogP) is 2.70. The van der Waals surface area contributed by atoms with E-state index in [2.05, 4.69) is 11.4 Å². The van der Waals surface area contributed by atoms with Gasteiger partial charge in [-0.3, -0.25) is 4.79 Å². The summed E-state index contributed by atoms with van der Waals surface area (Å²) in [5, 5.41) is 2.83. The van der Waals surface area contributed by atoms with Crippen LogP contribution in [0.3, 0.4) is 0 Å². The first-order valence-corrected chi connectivity index (χ1v) is 7.86. The molecule has 2 rings (SSSR count). The number of amides is 1. The first-order chi connectivity index (χ1) is 10.8. The Morgan fingerprint density at radius 1 is 1.18 bits per heavy atom. The van der Waals surface area contributed by atoms with E-state index in [1.54, 1.807) is 0 Å². The molecule has 1 aromatic rings. The monoisotopic (exact) mass is 300 g/mol. The fraction of sp³-hybridized carbons (Fsp3) is 0.389. The number of hydrogen-bond acceptors (Lipinski definition) is 3. The summed E-state index contributed by atoms with van der Waals surface area (Å²) in [4.78, 5) is 11.8. The highest BCUT2D eigenvalue weighted by atomic mass is 16.5. The zero-order chi connectivity index (χ0) is 15.6. The van der Waals surface area contributed by atoms with Gasteiger partial charge < -0.3 is 15.8 Å². The zero-order valence-corrected chi connectivity index (χ0v) is 12.9. The number of unbranched alkanes of at least 4 members (excludes halogenated alkanes) is 1. The Morgan fingerprint density at radius 3 is 2.68 bits per heavy atom. The Hall–Kier alpha value is -2.07. The zero-order valence-electron chi connectivity index (χ0n) is 12.9. The Morgan fingerprint density at radius 2 is 2.00 bits per heavy atom. The molecule has 0 spiro atoms. The van der Waals surface area contributed by atoms with Gasteiger partial charge in [0.25, 0.3) is 5.91 Å². The van der Waals surface area contributed by atoms with E-state index in [1.165, 1.54) is 5.56 Å². The minimum absolute atomic E-state index is 0.0255. The van der Waals surface area contributed by atoms with Gasteiger partial charge in [0.1, 0.15) is 5.75 Å². The van der Waals surface area contributed by atoms with Gasteiger partial charge >= 0.3 is 0 Å². The van der Waals surface area contributed by atoms with Crippen LogP contribution in [0.15, 0.2) is 48.2 Å².